The maximum Gasteiger partial charge on any atom is 0.373 e. The summed E-state index contributed by atoms with van der Waals surface area (Å²) >= 11 is 0. The molecule has 7 heteroatoms. The zero-order valence-corrected chi connectivity index (χ0v) is 11.6. The minimum absolute atomic E-state index is 0.0624. The molecule has 0 aliphatic heterocycles. The normalized spacial score (nSPS) is 11.3. The van der Waals surface area contributed by atoms with E-state index in [2.05, 4.69) is 9.72 Å². The van der Waals surface area contributed by atoms with Gasteiger partial charge in [-0.1, -0.05) is 12.1 Å². The molecule has 2 aromatic rings. The quantitative estimate of drug-likeness (QED) is 0.394. The van der Waals surface area contributed by atoms with Gasteiger partial charge in [0.2, 0.25) is 11.5 Å². The fourth-order valence-corrected chi connectivity index (χ4v) is 1.64. The number of aliphatic hydroxyl groups excluding tert-OH is 1. The number of carbonyl (C=O) groups is 2. The van der Waals surface area contributed by atoms with Crippen LogP contribution in [0.15, 0.2) is 46.8 Å². The molecule has 0 aliphatic rings. The van der Waals surface area contributed by atoms with E-state index < -0.39 is 17.5 Å². The van der Waals surface area contributed by atoms with Gasteiger partial charge in [-0.05, 0) is 17.7 Å². The number of benzene rings is 1. The van der Waals surface area contributed by atoms with Crippen molar-refractivity contribution in [2.24, 2.45) is 0 Å². The molecule has 6 nitrogen and oxygen atoms in total. The molecule has 0 atom stereocenters. The number of allylic oxidation sites excluding steroid dienone is 1. The van der Waals surface area contributed by atoms with Crippen molar-refractivity contribution in [2.45, 2.75) is 6.42 Å². The molecule has 0 amide bonds. The van der Waals surface area contributed by atoms with Crippen LogP contribution in [0.1, 0.15) is 21.9 Å². The number of methoxy groups -OCH3 is 1. The van der Waals surface area contributed by atoms with E-state index in [4.69, 9.17) is 4.42 Å². The summed E-state index contributed by atoms with van der Waals surface area (Å²) in [5.41, 5.74) is 0.697. The molecule has 1 N–H and O–H groups in total. The molecule has 0 bridgehead atoms. The fraction of sp³-hybridized carbons (Fsp3) is 0.133. The molecule has 1 heterocycles. The van der Waals surface area contributed by atoms with E-state index in [9.17, 15) is 19.1 Å². The highest BCUT2D eigenvalue weighted by Gasteiger charge is 2.15. The lowest BCUT2D eigenvalue weighted by Crippen LogP contribution is -2.07. The van der Waals surface area contributed by atoms with Crippen molar-refractivity contribution in [3.8, 4) is 0 Å². The summed E-state index contributed by atoms with van der Waals surface area (Å²) in [5, 5.41) is 9.29. The van der Waals surface area contributed by atoms with Gasteiger partial charge in [-0.25, -0.2) is 14.2 Å². The molecule has 1 aromatic heterocycles. The summed E-state index contributed by atoms with van der Waals surface area (Å²) in [6.07, 6.45) is 2.09. The van der Waals surface area contributed by atoms with Gasteiger partial charge in [0, 0.05) is 12.5 Å². The third kappa shape index (κ3) is 3.78. The number of halogens is 1. The number of aromatic nitrogens is 1. The number of ketones is 1. The molecule has 1 aromatic carbocycles. The maximum absolute atomic E-state index is 12.8. The summed E-state index contributed by atoms with van der Waals surface area (Å²) in [4.78, 5) is 26.7. The molecule has 0 spiro atoms. The zero-order valence-electron chi connectivity index (χ0n) is 11.6. The fourth-order valence-electron chi connectivity index (χ4n) is 1.64. The van der Waals surface area contributed by atoms with Gasteiger partial charge in [-0.15, -0.1) is 0 Å². The molecule has 0 aliphatic carbocycles. The van der Waals surface area contributed by atoms with Crippen LogP contribution in [0.2, 0.25) is 0 Å². The van der Waals surface area contributed by atoms with Crippen LogP contribution >= 0.6 is 0 Å². The second-order valence-electron chi connectivity index (χ2n) is 4.32. The van der Waals surface area contributed by atoms with Crippen molar-refractivity contribution in [3.63, 3.8) is 0 Å². The lowest BCUT2D eigenvalue weighted by Gasteiger charge is -1.96. The molecule has 114 valence electrons. The van der Waals surface area contributed by atoms with E-state index in [1.54, 1.807) is 12.1 Å². The Hall–Kier alpha value is -2.96. The second-order valence-corrected chi connectivity index (χ2v) is 4.32. The number of oxazole rings is 1. The third-order valence-electron chi connectivity index (χ3n) is 2.74. The van der Waals surface area contributed by atoms with Crippen molar-refractivity contribution in [1.29, 1.82) is 0 Å². The lowest BCUT2D eigenvalue weighted by molar-refractivity contribution is -0.139. The summed E-state index contributed by atoms with van der Waals surface area (Å²) in [6, 6.07) is 5.76. The summed E-state index contributed by atoms with van der Waals surface area (Å²) < 4.78 is 22.2. The number of hydrogen-bond acceptors (Lipinski definition) is 6. The van der Waals surface area contributed by atoms with Crippen molar-refractivity contribution in [2.75, 3.05) is 7.11 Å². The van der Waals surface area contributed by atoms with E-state index in [1.807, 2.05) is 0 Å². The van der Waals surface area contributed by atoms with Crippen molar-refractivity contribution < 1.29 is 28.2 Å². The summed E-state index contributed by atoms with van der Waals surface area (Å²) in [5.74, 6) is -2.65. The summed E-state index contributed by atoms with van der Waals surface area (Å²) in [7, 11) is 1.08. The molecule has 22 heavy (non-hydrogen) atoms. The predicted molar refractivity (Wildman–Crippen MR) is 72.8 cm³/mol. The van der Waals surface area contributed by atoms with Gasteiger partial charge in [0.05, 0.1) is 7.11 Å². The number of aliphatic hydroxyl groups is 1. The SMILES string of the molecule is COC(=O)C(O)=CC(=O)c1coc(Cc2ccc(F)cc2)n1. The van der Waals surface area contributed by atoms with Crippen molar-refractivity contribution in [3.05, 3.63) is 65.3 Å². The first-order valence-electron chi connectivity index (χ1n) is 6.21. The Morgan fingerprint density at radius 3 is 2.68 bits per heavy atom. The minimum Gasteiger partial charge on any atom is -0.502 e. The molecular weight excluding hydrogens is 293 g/mol. The van der Waals surface area contributed by atoms with Crippen LogP contribution in [0.25, 0.3) is 0 Å². The van der Waals surface area contributed by atoms with Crippen LogP contribution in [-0.2, 0) is 16.0 Å². The van der Waals surface area contributed by atoms with Crippen LogP contribution in [0.5, 0.6) is 0 Å². The number of ether oxygens (including phenoxy) is 1. The molecular formula is C15H12FNO5. The van der Waals surface area contributed by atoms with E-state index in [0.717, 1.165) is 18.9 Å². The number of rotatable bonds is 5. The van der Waals surface area contributed by atoms with Crippen LogP contribution < -0.4 is 0 Å². The van der Waals surface area contributed by atoms with Gasteiger partial charge < -0.3 is 14.3 Å². The number of hydrogen-bond donors (Lipinski definition) is 1. The van der Waals surface area contributed by atoms with Gasteiger partial charge in [-0.3, -0.25) is 4.79 Å². The Bertz CT molecular complexity index is 718. The predicted octanol–water partition coefficient (Wildman–Crippen LogP) is 2.20. The standard InChI is InChI=1S/C15H12FNO5/c1-21-15(20)13(19)7-12(18)11-8-22-14(17-11)6-9-2-4-10(16)5-3-9/h2-5,7-8,19H,6H2,1H3. The number of esters is 1. The first-order chi connectivity index (χ1) is 10.5. The van der Waals surface area contributed by atoms with Crippen LogP contribution in [0.3, 0.4) is 0 Å². The minimum atomic E-state index is -1.02. The van der Waals surface area contributed by atoms with Crippen LogP contribution in [0, 0.1) is 5.82 Å². The Morgan fingerprint density at radius 2 is 2.05 bits per heavy atom. The average Bonchev–Trinajstić information content (AvgIpc) is 2.97. The summed E-state index contributed by atoms with van der Waals surface area (Å²) in [6.45, 7) is 0. The smallest absolute Gasteiger partial charge is 0.373 e. The van der Waals surface area contributed by atoms with Gasteiger partial charge in [0.25, 0.3) is 0 Å². The monoisotopic (exact) mass is 305 g/mol. The molecule has 0 radical (unpaired) electrons. The molecule has 0 unspecified atom stereocenters. The molecule has 0 fully saturated rings. The highest BCUT2D eigenvalue weighted by atomic mass is 19.1. The van der Waals surface area contributed by atoms with E-state index in [0.29, 0.717) is 6.08 Å². The van der Waals surface area contributed by atoms with Gasteiger partial charge in [0.1, 0.15) is 17.8 Å². The first-order valence-corrected chi connectivity index (χ1v) is 6.21. The Balaban J connectivity index is 2.09. The molecule has 2 rings (SSSR count). The van der Waals surface area contributed by atoms with E-state index in [-0.39, 0.29) is 23.8 Å². The molecule has 0 saturated heterocycles. The highest BCUT2D eigenvalue weighted by Crippen LogP contribution is 2.11. The van der Waals surface area contributed by atoms with Gasteiger partial charge >= 0.3 is 5.97 Å². The second kappa shape index (κ2) is 6.66. The maximum atomic E-state index is 12.8. The average molecular weight is 305 g/mol. The number of carbonyl (C=O) groups excluding carboxylic acids is 2. The first kappa shape index (κ1) is 15.4. The Kier molecular flexibility index (Phi) is 4.67. The molecule has 0 saturated carbocycles. The van der Waals surface area contributed by atoms with Crippen molar-refractivity contribution >= 4 is 11.8 Å². The van der Waals surface area contributed by atoms with E-state index >= 15 is 0 Å². The van der Waals surface area contributed by atoms with Gasteiger partial charge in [-0.2, -0.15) is 0 Å². The largest absolute Gasteiger partial charge is 0.502 e. The topological polar surface area (TPSA) is 89.6 Å². The number of nitrogens with zero attached hydrogens (tertiary/aromatic N) is 1. The highest BCUT2D eigenvalue weighted by molar-refractivity contribution is 6.06. The Morgan fingerprint density at radius 1 is 1.36 bits per heavy atom. The van der Waals surface area contributed by atoms with Gasteiger partial charge in [0.15, 0.2) is 5.89 Å². The van der Waals surface area contributed by atoms with Crippen LogP contribution in [0.4, 0.5) is 4.39 Å². The van der Waals surface area contributed by atoms with E-state index in [1.165, 1.54) is 12.1 Å². The van der Waals surface area contributed by atoms with Crippen LogP contribution in [-0.4, -0.2) is 29.0 Å². The Labute approximate surface area is 124 Å². The zero-order chi connectivity index (χ0) is 16.1. The van der Waals surface area contributed by atoms with Crippen molar-refractivity contribution in [1.82, 2.24) is 4.98 Å². The lowest BCUT2D eigenvalue weighted by atomic mass is 10.1. The third-order valence-corrected chi connectivity index (χ3v) is 2.74.